The third-order valence-corrected chi connectivity index (χ3v) is 3.42. The van der Waals surface area contributed by atoms with Crippen molar-refractivity contribution in [2.45, 2.75) is 12.8 Å². The second-order valence-electron chi connectivity index (χ2n) is 5.04. The molecule has 3 rings (SSSR count). The number of ketones is 2. The van der Waals surface area contributed by atoms with E-state index in [1.54, 1.807) is 18.3 Å². The maximum absolute atomic E-state index is 13.2. The van der Waals surface area contributed by atoms with Crippen LogP contribution in [0.2, 0.25) is 0 Å². The predicted octanol–water partition coefficient (Wildman–Crippen LogP) is 1.86. The topological polar surface area (TPSA) is 91.5 Å². The Bertz CT molecular complexity index is 839. The summed E-state index contributed by atoms with van der Waals surface area (Å²) in [5.41, 5.74) is 2.26. The lowest BCUT2D eigenvalue weighted by atomic mass is 10.0. The first-order valence-electron chi connectivity index (χ1n) is 6.96. The van der Waals surface area contributed by atoms with Crippen molar-refractivity contribution in [3.05, 3.63) is 71.3 Å². The van der Waals surface area contributed by atoms with Gasteiger partial charge in [0.05, 0.1) is 6.42 Å². The number of halogens is 1. The Balaban J connectivity index is 1.73. The third-order valence-electron chi connectivity index (χ3n) is 3.42. The number of hydrogen-bond acceptors (Lipinski definition) is 4. The monoisotopic (exact) mass is 312 g/mol. The normalized spacial score (nSPS) is 10.7. The Labute approximate surface area is 130 Å². The van der Waals surface area contributed by atoms with Gasteiger partial charge in [0.1, 0.15) is 12.1 Å². The lowest BCUT2D eigenvalue weighted by Crippen LogP contribution is -2.19. The van der Waals surface area contributed by atoms with Crippen LogP contribution in [0, 0.1) is 5.82 Å². The molecule has 0 atom stereocenters. The summed E-state index contributed by atoms with van der Waals surface area (Å²) < 4.78 is 13.2. The zero-order valence-corrected chi connectivity index (χ0v) is 12.0. The van der Waals surface area contributed by atoms with Gasteiger partial charge in [0.15, 0.2) is 0 Å². The van der Waals surface area contributed by atoms with Crippen LogP contribution in [0.25, 0.3) is 0 Å². The van der Waals surface area contributed by atoms with Gasteiger partial charge in [-0.05, 0) is 35.7 Å². The Hall–Kier alpha value is -3.09. The van der Waals surface area contributed by atoms with Crippen molar-refractivity contribution in [3.8, 4) is 0 Å². The van der Waals surface area contributed by atoms with Gasteiger partial charge in [-0.2, -0.15) is 0 Å². The summed E-state index contributed by atoms with van der Waals surface area (Å²) in [6.07, 6.45) is 3.32. The first kappa shape index (κ1) is 14.8. The molecule has 2 aromatic heterocycles. The Morgan fingerprint density at radius 2 is 2.09 bits per heavy atom. The zero-order chi connectivity index (χ0) is 16.2. The van der Waals surface area contributed by atoms with Gasteiger partial charge >= 0.3 is 0 Å². The van der Waals surface area contributed by atoms with Crippen molar-refractivity contribution in [2.75, 3.05) is 0 Å². The van der Waals surface area contributed by atoms with Crippen molar-refractivity contribution in [2.24, 2.45) is 0 Å². The van der Waals surface area contributed by atoms with Crippen LogP contribution in [-0.2, 0) is 17.6 Å². The molecule has 0 unspecified atom stereocenters. The predicted molar refractivity (Wildman–Crippen MR) is 79.4 cm³/mol. The number of aromatic nitrogens is 4. The molecule has 0 aliphatic carbocycles. The smallest absolute Gasteiger partial charge is 0.267 e. The van der Waals surface area contributed by atoms with Gasteiger partial charge in [-0.1, -0.05) is 12.1 Å². The standard InChI is InChI=1S/C16H13FN4O2/c17-12-3-1-2-10(7-12)6-11-4-5-18-13(11)8-14(22)15(23)16-19-9-20-21-16/h1-5,7,9,18H,6,8H2,(H,19,20,21). The van der Waals surface area contributed by atoms with Crippen molar-refractivity contribution in [1.29, 1.82) is 0 Å². The molecule has 2 N–H and O–H groups in total. The minimum atomic E-state index is -0.738. The second-order valence-corrected chi connectivity index (χ2v) is 5.04. The largest absolute Gasteiger partial charge is 0.364 e. The molecule has 1 aromatic carbocycles. The molecule has 3 aromatic rings. The lowest BCUT2D eigenvalue weighted by Gasteiger charge is -2.04. The number of benzene rings is 1. The van der Waals surface area contributed by atoms with Gasteiger partial charge in [-0.3, -0.25) is 14.7 Å². The summed E-state index contributed by atoms with van der Waals surface area (Å²) in [7, 11) is 0. The fourth-order valence-corrected chi connectivity index (χ4v) is 2.32. The molecule has 23 heavy (non-hydrogen) atoms. The highest BCUT2D eigenvalue weighted by molar-refractivity contribution is 6.43. The Morgan fingerprint density at radius 3 is 2.83 bits per heavy atom. The molecular weight excluding hydrogens is 299 g/mol. The van der Waals surface area contributed by atoms with Gasteiger partial charge in [0.2, 0.25) is 11.6 Å². The second kappa shape index (κ2) is 6.35. The molecule has 0 amide bonds. The molecule has 0 spiro atoms. The van der Waals surface area contributed by atoms with Crippen LogP contribution in [0.4, 0.5) is 4.39 Å². The molecular formula is C16H13FN4O2. The molecule has 0 aliphatic rings. The van der Waals surface area contributed by atoms with Crippen molar-refractivity contribution < 1.29 is 14.0 Å². The summed E-state index contributed by atoms with van der Waals surface area (Å²) in [5.74, 6) is -1.80. The number of aromatic amines is 2. The molecule has 0 fully saturated rings. The van der Waals surface area contributed by atoms with Gasteiger partial charge < -0.3 is 4.98 Å². The summed E-state index contributed by atoms with van der Waals surface area (Å²) in [5, 5.41) is 6.00. The quantitative estimate of drug-likeness (QED) is 0.537. The van der Waals surface area contributed by atoms with E-state index >= 15 is 0 Å². The van der Waals surface area contributed by atoms with E-state index in [-0.39, 0.29) is 18.1 Å². The van der Waals surface area contributed by atoms with E-state index < -0.39 is 11.6 Å². The molecule has 0 radical (unpaired) electrons. The van der Waals surface area contributed by atoms with Gasteiger partial charge in [-0.25, -0.2) is 9.37 Å². The average Bonchev–Trinajstić information content (AvgIpc) is 3.19. The number of nitrogens with zero attached hydrogens (tertiary/aromatic N) is 2. The van der Waals surface area contributed by atoms with E-state index in [1.807, 2.05) is 6.07 Å². The SMILES string of the molecule is O=C(Cc1[nH]ccc1Cc1cccc(F)c1)C(=O)c1nc[nH]n1. The molecule has 0 aliphatic heterocycles. The number of H-pyrrole nitrogens is 2. The van der Waals surface area contributed by atoms with Crippen molar-refractivity contribution in [1.82, 2.24) is 20.2 Å². The number of carbonyl (C=O) groups excluding carboxylic acids is 2. The Kier molecular flexibility index (Phi) is 4.09. The number of carbonyl (C=O) groups is 2. The van der Waals surface area contributed by atoms with Crippen molar-refractivity contribution in [3.63, 3.8) is 0 Å². The van der Waals surface area contributed by atoms with Gasteiger partial charge in [0.25, 0.3) is 5.78 Å². The van der Waals surface area contributed by atoms with E-state index in [9.17, 15) is 14.0 Å². The Morgan fingerprint density at radius 1 is 1.22 bits per heavy atom. The van der Waals surface area contributed by atoms with Crippen LogP contribution >= 0.6 is 0 Å². The van der Waals surface area contributed by atoms with Gasteiger partial charge in [0, 0.05) is 11.9 Å². The average molecular weight is 312 g/mol. The number of hydrogen-bond donors (Lipinski definition) is 2. The number of Topliss-reactive ketones (excluding diaryl/α,β-unsaturated/α-hetero) is 2. The summed E-state index contributed by atoms with van der Waals surface area (Å²) in [6, 6.07) is 8.07. The lowest BCUT2D eigenvalue weighted by molar-refractivity contribution is -0.114. The summed E-state index contributed by atoms with van der Waals surface area (Å²) in [4.78, 5) is 30.6. The van der Waals surface area contributed by atoms with E-state index in [0.717, 1.165) is 11.1 Å². The van der Waals surface area contributed by atoms with E-state index in [2.05, 4.69) is 20.2 Å². The van der Waals surface area contributed by atoms with E-state index in [4.69, 9.17) is 0 Å². The number of nitrogens with one attached hydrogen (secondary N) is 2. The maximum Gasteiger partial charge on any atom is 0.267 e. The summed E-state index contributed by atoms with van der Waals surface area (Å²) >= 11 is 0. The molecule has 116 valence electrons. The minimum absolute atomic E-state index is 0.0784. The molecule has 0 saturated carbocycles. The van der Waals surface area contributed by atoms with Crippen LogP contribution in [0.3, 0.4) is 0 Å². The molecule has 2 heterocycles. The molecule has 6 nitrogen and oxygen atoms in total. The third kappa shape index (κ3) is 3.39. The fraction of sp³-hybridized carbons (Fsp3) is 0.125. The van der Waals surface area contributed by atoms with Crippen LogP contribution in [0.15, 0.2) is 42.9 Å². The fourth-order valence-electron chi connectivity index (χ4n) is 2.32. The van der Waals surface area contributed by atoms with Gasteiger partial charge in [-0.15, -0.1) is 5.10 Å². The van der Waals surface area contributed by atoms with Crippen LogP contribution in [0.1, 0.15) is 27.4 Å². The van der Waals surface area contributed by atoms with Crippen LogP contribution < -0.4 is 0 Å². The van der Waals surface area contributed by atoms with E-state index in [1.165, 1.54) is 18.5 Å². The molecule has 0 bridgehead atoms. The minimum Gasteiger partial charge on any atom is -0.364 e. The highest BCUT2D eigenvalue weighted by atomic mass is 19.1. The number of rotatable bonds is 6. The molecule has 7 heteroatoms. The van der Waals surface area contributed by atoms with Crippen LogP contribution in [-0.4, -0.2) is 31.7 Å². The maximum atomic E-state index is 13.2. The molecule has 0 saturated heterocycles. The first-order valence-corrected chi connectivity index (χ1v) is 6.96. The zero-order valence-electron chi connectivity index (χ0n) is 12.0. The van der Waals surface area contributed by atoms with E-state index in [0.29, 0.717) is 12.1 Å². The highest BCUT2D eigenvalue weighted by Crippen LogP contribution is 2.15. The summed E-state index contributed by atoms with van der Waals surface area (Å²) in [6.45, 7) is 0. The van der Waals surface area contributed by atoms with Crippen molar-refractivity contribution >= 4 is 11.6 Å². The first-order chi connectivity index (χ1) is 11.1. The van der Waals surface area contributed by atoms with Crippen LogP contribution in [0.5, 0.6) is 0 Å². The highest BCUT2D eigenvalue weighted by Gasteiger charge is 2.21.